The molecule has 0 aromatic carbocycles. The average Bonchev–Trinajstić information content (AvgIpc) is 2.81. The second-order valence-corrected chi connectivity index (χ2v) is 3.69. The van der Waals surface area contributed by atoms with Crippen molar-refractivity contribution in [3.63, 3.8) is 0 Å². The molecule has 1 aliphatic carbocycles. The Labute approximate surface area is 83.2 Å². The Balaban J connectivity index is 2.68. The molecule has 0 aliphatic heterocycles. The van der Waals surface area contributed by atoms with Crippen molar-refractivity contribution in [1.29, 1.82) is 0 Å². The number of hydrogen-bond acceptors (Lipinski definition) is 3. The van der Waals surface area contributed by atoms with Crippen LogP contribution in [0.15, 0.2) is 0 Å². The van der Waals surface area contributed by atoms with Gasteiger partial charge in [0, 0.05) is 0 Å². The van der Waals surface area contributed by atoms with Crippen LogP contribution < -0.4 is 0 Å². The zero-order valence-corrected chi connectivity index (χ0v) is 8.58. The smallest absolute Gasteiger partial charge is 0.323 e. The molecule has 0 radical (unpaired) electrons. The second kappa shape index (κ2) is 3.98. The zero-order valence-electron chi connectivity index (χ0n) is 8.58. The minimum atomic E-state index is -1.22. The van der Waals surface area contributed by atoms with Gasteiger partial charge in [-0.25, -0.2) is 0 Å². The zero-order chi connectivity index (χ0) is 10.8. The first-order valence-electron chi connectivity index (χ1n) is 5.00. The van der Waals surface area contributed by atoms with Crippen molar-refractivity contribution in [2.75, 3.05) is 6.61 Å². The third kappa shape index (κ3) is 1.61. The van der Waals surface area contributed by atoms with Crippen LogP contribution >= 0.6 is 0 Å². The third-order valence-electron chi connectivity index (χ3n) is 2.76. The van der Waals surface area contributed by atoms with Crippen LogP contribution in [-0.4, -0.2) is 23.7 Å². The predicted octanol–water partition coefficient (Wildman–Crippen LogP) is 1.44. The van der Waals surface area contributed by atoms with Crippen molar-refractivity contribution < 1.29 is 19.4 Å². The quantitative estimate of drug-likeness (QED) is 0.538. The van der Waals surface area contributed by atoms with E-state index in [1.54, 1.807) is 6.92 Å². The lowest BCUT2D eigenvalue weighted by atomic mass is 10.0. The first-order chi connectivity index (χ1) is 6.59. The molecular formula is C10H16O4. The van der Waals surface area contributed by atoms with Gasteiger partial charge in [-0.05, 0) is 25.7 Å². The highest BCUT2D eigenvalue weighted by molar-refractivity contribution is 6.02. The molecule has 0 heterocycles. The molecule has 14 heavy (non-hydrogen) atoms. The van der Waals surface area contributed by atoms with E-state index in [0.717, 1.165) is 12.8 Å². The molecule has 0 aromatic heterocycles. The van der Waals surface area contributed by atoms with E-state index < -0.39 is 17.4 Å². The van der Waals surface area contributed by atoms with Crippen LogP contribution in [0.4, 0.5) is 0 Å². The van der Waals surface area contributed by atoms with Crippen molar-refractivity contribution in [2.45, 2.75) is 33.1 Å². The van der Waals surface area contributed by atoms with E-state index in [0.29, 0.717) is 6.42 Å². The fourth-order valence-corrected chi connectivity index (χ4v) is 1.89. The average molecular weight is 200 g/mol. The molecule has 2 atom stereocenters. The van der Waals surface area contributed by atoms with Gasteiger partial charge in [0.2, 0.25) is 0 Å². The lowest BCUT2D eigenvalue weighted by Crippen LogP contribution is -2.29. The number of carboxylic acids is 1. The summed E-state index contributed by atoms with van der Waals surface area (Å²) >= 11 is 0. The Morgan fingerprint density at radius 2 is 2.14 bits per heavy atom. The molecule has 0 spiro atoms. The molecule has 1 saturated carbocycles. The van der Waals surface area contributed by atoms with Crippen LogP contribution in [0, 0.1) is 11.3 Å². The summed E-state index contributed by atoms with van der Waals surface area (Å²) in [5, 5.41) is 9.00. The van der Waals surface area contributed by atoms with Gasteiger partial charge in [-0.1, -0.05) is 13.3 Å². The predicted molar refractivity (Wildman–Crippen MR) is 49.7 cm³/mol. The maximum absolute atomic E-state index is 11.5. The largest absolute Gasteiger partial charge is 0.480 e. The summed E-state index contributed by atoms with van der Waals surface area (Å²) in [6.45, 7) is 3.91. The summed E-state index contributed by atoms with van der Waals surface area (Å²) in [7, 11) is 0. The number of carboxylic acid groups (broad SMARTS) is 1. The van der Waals surface area contributed by atoms with Crippen LogP contribution in [0.2, 0.25) is 0 Å². The summed E-state index contributed by atoms with van der Waals surface area (Å²) in [5.41, 5.74) is -1.22. The Morgan fingerprint density at radius 1 is 1.50 bits per heavy atom. The van der Waals surface area contributed by atoms with Gasteiger partial charge in [0.25, 0.3) is 0 Å². The third-order valence-corrected chi connectivity index (χ3v) is 2.76. The summed E-state index contributed by atoms with van der Waals surface area (Å²) < 4.78 is 4.79. The maximum Gasteiger partial charge on any atom is 0.323 e. The van der Waals surface area contributed by atoms with E-state index in [1.807, 2.05) is 6.92 Å². The summed E-state index contributed by atoms with van der Waals surface area (Å²) in [6.07, 6.45) is 2.12. The van der Waals surface area contributed by atoms with Gasteiger partial charge in [0.15, 0.2) is 5.41 Å². The van der Waals surface area contributed by atoms with Crippen molar-refractivity contribution in [3.8, 4) is 0 Å². The molecule has 1 N–H and O–H groups in total. The normalized spacial score (nSPS) is 29.7. The van der Waals surface area contributed by atoms with E-state index in [9.17, 15) is 9.59 Å². The molecule has 2 unspecified atom stereocenters. The van der Waals surface area contributed by atoms with Gasteiger partial charge in [-0.2, -0.15) is 0 Å². The number of aliphatic carboxylic acids is 1. The molecule has 0 aromatic rings. The first-order valence-corrected chi connectivity index (χ1v) is 5.00. The minimum absolute atomic E-state index is 0.0240. The van der Waals surface area contributed by atoms with Crippen LogP contribution in [0.25, 0.3) is 0 Å². The van der Waals surface area contributed by atoms with Gasteiger partial charge in [0.05, 0.1) is 6.61 Å². The number of carbonyl (C=O) groups is 2. The number of ether oxygens (including phenoxy) is 1. The van der Waals surface area contributed by atoms with E-state index in [-0.39, 0.29) is 12.5 Å². The van der Waals surface area contributed by atoms with Crippen LogP contribution in [0.3, 0.4) is 0 Å². The fraction of sp³-hybridized carbons (Fsp3) is 0.800. The molecule has 1 fully saturated rings. The van der Waals surface area contributed by atoms with Crippen molar-refractivity contribution in [2.24, 2.45) is 11.3 Å². The number of carbonyl (C=O) groups excluding carboxylic acids is 1. The second-order valence-electron chi connectivity index (χ2n) is 3.69. The molecule has 1 rings (SSSR count). The Kier molecular flexibility index (Phi) is 3.13. The van der Waals surface area contributed by atoms with E-state index >= 15 is 0 Å². The Hall–Kier alpha value is -1.06. The van der Waals surface area contributed by atoms with Crippen LogP contribution in [-0.2, 0) is 14.3 Å². The standard InChI is InChI=1S/C10H16O4/c1-3-5-7-6-10(7,8(11)12)9(13)14-4-2/h7H,3-6H2,1-2H3,(H,11,12). The van der Waals surface area contributed by atoms with Crippen molar-refractivity contribution in [1.82, 2.24) is 0 Å². The highest BCUT2D eigenvalue weighted by atomic mass is 16.5. The van der Waals surface area contributed by atoms with Crippen molar-refractivity contribution >= 4 is 11.9 Å². The summed E-state index contributed by atoms with van der Waals surface area (Å²) in [6, 6.07) is 0. The Morgan fingerprint density at radius 3 is 2.57 bits per heavy atom. The molecular weight excluding hydrogens is 184 g/mol. The summed E-state index contributed by atoms with van der Waals surface area (Å²) in [4.78, 5) is 22.4. The molecule has 0 amide bonds. The molecule has 4 nitrogen and oxygen atoms in total. The van der Waals surface area contributed by atoms with Crippen LogP contribution in [0.1, 0.15) is 33.1 Å². The maximum atomic E-state index is 11.5. The number of hydrogen-bond donors (Lipinski definition) is 1. The molecule has 0 saturated heterocycles. The Bertz CT molecular complexity index is 249. The van der Waals surface area contributed by atoms with Gasteiger partial charge in [-0.15, -0.1) is 0 Å². The van der Waals surface area contributed by atoms with E-state index in [2.05, 4.69) is 0 Å². The highest BCUT2D eigenvalue weighted by Gasteiger charge is 2.66. The monoisotopic (exact) mass is 200 g/mol. The summed E-state index contributed by atoms with van der Waals surface area (Å²) in [5.74, 6) is -1.62. The van der Waals surface area contributed by atoms with Gasteiger partial charge in [-0.3, -0.25) is 9.59 Å². The van der Waals surface area contributed by atoms with Gasteiger partial charge < -0.3 is 9.84 Å². The fourth-order valence-electron chi connectivity index (χ4n) is 1.89. The van der Waals surface area contributed by atoms with E-state index in [4.69, 9.17) is 9.84 Å². The molecule has 0 bridgehead atoms. The minimum Gasteiger partial charge on any atom is -0.480 e. The lowest BCUT2D eigenvalue weighted by molar-refractivity contribution is -0.161. The van der Waals surface area contributed by atoms with Gasteiger partial charge in [0.1, 0.15) is 0 Å². The topological polar surface area (TPSA) is 63.6 Å². The first kappa shape index (κ1) is 11.0. The highest BCUT2D eigenvalue weighted by Crippen LogP contribution is 2.56. The van der Waals surface area contributed by atoms with E-state index in [1.165, 1.54) is 0 Å². The van der Waals surface area contributed by atoms with Gasteiger partial charge >= 0.3 is 11.9 Å². The molecule has 1 aliphatic rings. The number of esters is 1. The lowest BCUT2D eigenvalue weighted by Gasteiger charge is -2.10. The molecule has 80 valence electrons. The SMILES string of the molecule is CCCC1CC1(C(=O)O)C(=O)OCC. The van der Waals surface area contributed by atoms with Crippen molar-refractivity contribution in [3.05, 3.63) is 0 Å². The molecule has 4 heteroatoms. The number of rotatable bonds is 5. The van der Waals surface area contributed by atoms with Crippen LogP contribution in [0.5, 0.6) is 0 Å².